The number of aryl methyl sites for hydroxylation is 1. The van der Waals surface area contributed by atoms with Crippen LogP contribution in [0.25, 0.3) is 5.65 Å². The van der Waals surface area contributed by atoms with Gasteiger partial charge < -0.3 is 0 Å². The van der Waals surface area contributed by atoms with Crippen molar-refractivity contribution in [1.29, 1.82) is 0 Å². The van der Waals surface area contributed by atoms with E-state index in [1.165, 1.54) is 16.4 Å². The molecule has 0 radical (unpaired) electrons. The molecular formula is C18H19FN4O2S. The Bertz CT molecular complexity index is 1060. The van der Waals surface area contributed by atoms with E-state index in [0.717, 1.165) is 17.9 Å². The summed E-state index contributed by atoms with van der Waals surface area (Å²) in [4.78, 5) is -0.260. The Labute approximate surface area is 151 Å². The summed E-state index contributed by atoms with van der Waals surface area (Å²) in [6.45, 7) is 2.40. The molecule has 6 nitrogen and oxygen atoms in total. The van der Waals surface area contributed by atoms with E-state index >= 15 is 0 Å². The molecule has 1 aliphatic heterocycles. The standard InChI is InChI=1S/C18H19FN4O2S/c1-13-7-8-15(19)16(11-13)26(24,25)22-9-4-5-14(12-22)18-21-20-17-6-2-3-10-23(17)18/h2-3,6-8,10-11,14H,4-5,9,12H2,1H3/t14-/m1/s1. The first-order valence-corrected chi connectivity index (χ1v) is 9.97. The lowest BCUT2D eigenvalue weighted by Crippen LogP contribution is -2.39. The average Bonchev–Trinajstić information content (AvgIpc) is 3.08. The molecule has 1 aromatic carbocycles. The van der Waals surface area contributed by atoms with Crippen LogP contribution in [0.2, 0.25) is 0 Å². The lowest BCUT2D eigenvalue weighted by Gasteiger charge is -2.31. The predicted molar refractivity (Wildman–Crippen MR) is 94.9 cm³/mol. The molecule has 8 heteroatoms. The molecule has 1 saturated heterocycles. The van der Waals surface area contributed by atoms with Gasteiger partial charge in [0, 0.05) is 25.2 Å². The molecule has 4 rings (SSSR count). The Balaban J connectivity index is 1.67. The highest BCUT2D eigenvalue weighted by atomic mass is 32.2. The van der Waals surface area contributed by atoms with E-state index in [4.69, 9.17) is 0 Å². The third kappa shape index (κ3) is 2.89. The van der Waals surface area contributed by atoms with Gasteiger partial charge in [-0.05, 0) is 49.6 Å². The smallest absolute Gasteiger partial charge is 0.246 e. The number of pyridine rings is 1. The molecule has 1 aliphatic rings. The molecular weight excluding hydrogens is 355 g/mol. The highest BCUT2D eigenvalue weighted by molar-refractivity contribution is 7.89. The van der Waals surface area contributed by atoms with Gasteiger partial charge in [0.25, 0.3) is 0 Å². The van der Waals surface area contributed by atoms with Crippen LogP contribution in [0.1, 0.15) is 30.1 Å². The topological polar surface area (TPSA) is 67.6 Å². The van der Waals surface area contributed by atoms with Crippen LogP contribution in [0.15, 0.2) is 47.5 Å². The van der Waals surface area contributed by atoms with Crippen LogP contribution < -0.4 is 0 Å². The van der Waals surface area contributed by atoms with Crippen molar-refractivity contribution < 1.29 is 12.8 Å². The Morgan fingerprint density at radius 3 is 2.88 bits per heavy atom. The molecule has 0 amide bonds. The first-order chi connectivity index (χ1) is 12.5. The second-order valence-electron chi connectivity index (χ2n) is 6.62. The van der Waals surface area contributed by atoms with E-state index in [1.54, 1.807) is 13.0 Å². The molecule has 0 unspecified atom stereocenters. The van der Waals surface area contributed by atoms with Gasteiger partial charge in [-0.25, -0.2) is 12.8 Å². The van der Waals surface area contributed by atoms with Gasteiger partial charge in [-0.15, -0.1) is 10.2 Å². The van der Waals surface area contributed by atoms with Crippen LogP contribution in [-0.4, -0.2) is 40.4 Å². The number of hydrogen-bond donors (Lipinski definition) is 0. The predicted octanol–water partition coefficient (Wildman–Crippen LogP) is 2.75. The lowest BCUT2D eigenvalue weighted by molar-refractivity contribution is 0.307. The van der Waals surface area contributed by atoms with Crippen molar-refractivity contribution in [2.45, 2.75) is 30.6 Å². The minimum Gasteiger partial charge on any atom is -0.286 e. The van der Waals surface area contributed by atoms with E-state index in [1.807, 2.05) is 28.8 Å². The summed E-state index contributed by atoms with van der Waals surface area (Å²) in [5.41, 5.74) is 1.44. The van der Waals surface area contributed by atoms with Crippen molar-refractivity contribution in [3.8, 4) is 0 Å². The number of piperidine rings is 1. The van der Waals surface area contributed by atoms with E-state index in [2.05, 4.69) is 10.2 Å². The van der Waals surface area contributed by atoms with Gasteiger partial charge in [0.1, 0.15) is 16.5 Å². The maximum absolute atomic E-state index is 14.2. The second-order valence-corrected chi connectivity index (χ2v) is 8.53. The van der Waals surface area contributed by atoms with Crippen molar-refractivity contribution in [3.05, 3.63) is 59.8 Å². The van der Waals surface area contributed by atoms with Crippen molar-refractivity contribution in [2.75, 3.05) is 13.1 Å². The van der Waals surface area contributed by atoms with Crippen molar-refractivity contribution in [2.24, 2.45) is 0 Å². The van der Waals surface area contributed by atoms with Crippen LogP contribution >= 0.6 is 0 Å². The summed E-state index contributed by atoms with van der Waals surface area (Å²) in [5.74, 6) is -0.0559. The highest BCUT2D eigenvalue weighted by Crippen LogP contribution is 2.30. The van der Waals surface area contributed by atoms with E-state index in [-0.39, 0.29) is 17.4 Å². The number of sulfonamides is 1. The summed E-state index contributed by atoms with van der Waals surface area (Å²) in [6.07, 6.45) is 3.38. The SMILES string of the molecule is Cc1ccc(F)c(S(=O)(=O)N2CCC[C@@H](c3nnc4ccccn34)C2)c1. The molecule has 0 saturated carbocycles. The number of hydrogen-bond acceptors (Lipinski definition) is 4. The lowest BCUT2D eigenvalue weighted by atomic mass is 9.99. The van der Waals surface area contributed by atoms with Gasteiger partial charge in [0.15, 0.2) is 5.65 Å². The van der Waals surface area contributed by atoms with Crippen LogP contribution in [0.3, 0.4) is 0 Å². The Morgan fingerprint density at radius 2 is 2.04 bits per heavy atom. The quantitative estimate of drug-likeness (QED) is 0.707. The summed E-state index contributed by atoms with van der Waals surface area (Å²) in [5, 5.41) is 8.41. The Morgan fingerprint density at radius 1 is 1.19 bits per heavy atom. The fourth-order valence-electron chi connectivity index (χ4n) is 3.46. The number of halogens is 1. The highest BCUT2D eigenvalue weighted by Gasteiger charge is 2.34. The maximum Gasteiger partial charge on any atom is 0.246 e. The third-order valence-electron chi connectivity index (χ3n) is 4.79. The zero-order valence-electron chi connectivity index (χ0n) is 14.3. The zero-order valence-corrected chi connectivity index (χ0v) is 15.2. The molecule has 3 heterocycles. The van der Waals surface area contributed by atoms with Gasteiger partial charge in [0.2, 0.25) is 10.0 Å². The summed E-state index contributed by atoms with van der Waals surface area (Å²) in [7, 11) is -3.89. The molecule has 0 bridgehead atoms. The first-order valence-electron chi connectivity index (χ1n) is 8.53. The van der Waals surface area contributed by atoms with Gasteiger partial charge in [-0.2, -0.15) is 4.31 Å². The Hall–Kier alpha value is -2.32. The molecule has 0 spiro atoms. The van der Waals surface area contributed by atoms with Crippen molar-refractivity contribution in [1.82, 2.24) is 18.9 Å². The molecule has 1 fully saturated rings. The Kier molecular flexibility index (Phi) is 4.24. The van der Waals surface area contributed by atoms with Gasteiger partial charge in [0.05, 0.1) is 0 Å². The van der Waals surface area contributed by atoms with Crippen LogP contribution in [0.5, 0.6) is 0 Å². The van der Waals surface area contributed by atoms with Crippen molar-refractivity contribution >= 4 is 15.7 Å². The summed E-state index contributed by atoms with van der Waals surface area (Å²) in [6, 6.07) is 9.79. The molecule has 3 aromatic rings. The normalized spacial score (nSPS) is 19.1. The number of aromatic nitrogens is 3. The number of fused-ring (bicyclic) bond motifs is 1. The number of rotatable bonds is 3. The average molecular weight is 374 g/mol. The van der Waals surface area contributed by atoms with E-state index < -0.39 is 15.8 Å². The monoisotopic (exact) mass is 374 g/mol. The third-order valence-corrected chi connectivity index (χ3v) is 6.67. The number of nitrogens with zero attached hydrogens (tertiary/aromatic N) is 4. The minimum atomic E-state index is -3.89. The minimum absolute atomic E-state index is 0.0798. The van der Waals surface area contributed by atoms with Gasteiger partial charge in [-0.1, -0.05) is 12.1 Å². The fourth-order valence-corrected chi connectivity index (χ4v) is 5.13. The van der Waals surface area contributed by atoms with Crippen LogP contribution in [0.4, 0.5) is 4.39 Å². The van der Waals surface area contributed by atoms with Gasteiger partial charge in [-0.3, -0.25) is 4.40 Å². The van der Waals surface area contributed by atoms with Gasteiger partial charge >= 0.3 is 0 Å². The molecule has 26 heavy (non-hydrogen) atoms. The molecule has 0 aliphatic carbocycles. The van der Waals surface area contributed by atoms with E-state index in [0.29, 0.717) is 18.5 Å². The molecule has 1 atom stereocenters. The van der Waals surface area contributed by atoms with E-state index in [9.17, 15) is 12.8 Å². The number of benzene rings is 1. The molecule has 136 valence electrons. The first kappa shape index (κ1) is 17.1. The zero-order chi connectivity index (χ0) is 18.3. The second kappa shape index (κ2) is 6.44. The largest absolute Gasteiger partial charge is 0.286 e. The molecule has 2 aromatic heterocycles. The van der Waals surface area contributed by atoms with Crippen LogP contribution in [-0.2, 0) is 10.0 Å². The van der Waals surface area contributed by atoms with Crippen LogP contribution in [0, 0.1) is 12.7 Å². The fraction of sp³-hybridized carbons (Fsp3) is 0.333. The molecule has 0 N–H and O–H groups in total. The van der Waals surface area contributed by atoms with Crippen molar-refractivity contribution in [3.63, 3.8) is 0 Å². The summed E-state index contributed by atoms with van der Waals surface area (Å²) >= 11 is 0. The summed E-state index contributed by atoms with van der Waals surface area (Å²) < 4.78 is 43.4. The maximum atomic E-state index is 14.2.